The lowest BCUT2D eigenvalue weighted by atomic mass is 9.67. The molecule has 128 valence electrons. The molecule has 0 spiro atoms. The van der Waals surface area contributed by atoms with E-state index < -0.39 is 0 Å². The Morgan fingerprint density at radius 2 is 1.55 bits per heavy atom. The number of hydrogen-bond donors (Lipinski definition) is 4. The lowest BCUT2D eigenvalue weighted by Crippen LogP contribution is -2.57. The molecule has 1 saturated carbocycles. The van der Waals surface area contributed by atoms with Gasteiger partial charge >= 0.3 is 0 Å². The number of terminal acetylenes is 1. The van der Waals surface area contributed by atoms with Crippen LogP contribution in [0.2, 0.25) is 0 Å². The first kappa shape index (κ1) is 25.1. The number of amidine groups is 1. The van der Waals surface area contributed by atoms with Crippen molar-refractivity contribution in [2.75, 3.05) is 0 Å². The van der Waals surface area contributed by atoms with Gasteiger partial charge in [-0.1, -0.05) is 27.7 Å². The third-order valence-electron chi connectivity index (χ3n) is 2.95. The summed E-state index contributed by atoms with van der Waals surface area (Å²) in [4.78, 5) is 11.4. The fraction of sp³-hybridized carbons (Fsp3) is 0.706. The SMILES string of the molecule is C#C.CC.CC.CC(=N)CC1C(=O)NC2CC1C2.CC(=N)N. The van der Waals surface area contributed by atoms with Crippen LogP contribution >= 0.6 is 0 Å². The van der Waals surface area contributed by atoms with Crippen molar-refractivity contribution in [3.63, 3.8) is 0 Å². The number of hydrogen-bond acceptors (Lipinski definition) is 3. The Hall–Kier alpha value is -1.83. The zero-order valence-corrected chi connectivity index (χ0v) is 15.0. The molecule has 3 rings (SSSR count). The molecule has 0 aromatic rings. The molecular formula is C17H34N4O. The molecule has 2 heterocycles. The molecule has 1 aliphatic carbocycles. The normalized spacial score (nSPS) is 22.7. The smallest absolute Gasteiger partial charge is 0.223 e. The van der Waals surface area contributed by atoms with E-state index in [9.17, 15) is 4.79 Å². The molecule has 2 saturated heterocycles. The highest BCUT2D eigenvalue weighted by atomic mass is 16.2. The van der Waals surface area contributed by atoms with Gasteiger partial charge in [-0.25, -0.2) is 0 Å². The van der Waals surface area contributed by atoms with E-state index in [0.717, 1.165) is 12.8 Å². The van der Waals surface area contributed by atoms with Crippen molar-refractivity contribution in [2.45, 2.75) is 66.8 Å². The molecule has 5 N–H and O–H groups in total. The van der Waals surface area contributed by atoms with Crippen molar-refractivity contribution in [1.82, 2.24) is 5.32 Å². The van der Waals surface area contributed by atoms with Gasteiger partial charge in [0.2, 0.25) is 5.91 Å². The Morgan fingerprint density at radius 1 is 1.18 bits per heavy atom. The van der Waals surface area contributed by atoms with Gasteiger partial charge in [-0.05, 0) is 39.0 Å². The number of piperidine rings is 2. The topological polar surface area (TPSA) is 103 Å². The van der Waals surface area contributed by atoms with Crippen LogP contribution in [-0.4, -0.2) is 23.5 Å². The molecule has 3 fully saturated rings. The first-order chi connectivity index (χ1) is 10.4. The summed E-state index contributed by atoms with van der Waals surface area (Å²) in [5, 5.41) is 16.6. The average molecular weight is 310 g/mol. The van der Waals surface area contributed by atoms with Crippen LogP contribution in [0.15, 0.2) is 0 Å². The Balaban J connectivity index is -0.000000307. The first-order valence-electron chi connectivity index (χ1n) is 7.88. The van der Waals surface area contributed by atoms with Crippen molar-refractivity contribution in [2.24, 2.45) is 17.6 Å². The van der Waals surface area contributed by atoms with Gasteiger partial charge in [0, 0.05) is 17.7 Å². The second-order valence-corrected chi connectivity index (χ2v) is 4.71. The zero-order valence-electron chi connectivity index (χ0n) is 15.0. The first-order valence-corrected chi connectivity index (χ1v) is 7.88. The Labute approximate surface area is 136 Å². The van der Waals surface area contributed by atoms with Crippen molar-refractivity contribution < 1.29 is 4.79 Å². The minimum atomic E-state index is 0.104. The van der Waals surface area contributed by atoms with Crippen LogP contribution in [0.5, 0.6) is 0 Å². The van der Waals surface area contributed by atoms with Crippen LogP contribution in [-0.2, 0) is 4.79 Å². The Kier molecular flexibility index (Phi) is 17.8. The summed E-state index contributed by atoms with van der Waals surface area (Å²) in [5.74, 6) is 1.02. The molecule has 1 amide bonds. The number of rotatable bonds is 2. The molecule has 2 aliphatic heterocycles. The molecule has 22 heavy (non-hydrogen) atoms. The van der Waals surface area contributed by atoms with E-state index in [2.05, 4.69) is 18.2 Å². The third kappa shape index (κ3) is 10.9. The maximum Gasteiger partial charge on any atom is 0.223 e. The minimum Gasteiger partial charge on any atom is -0.388 e. The lowest BCUT2D eigenvalue weighted by molar-refractivity contribution is -0.135. The fourth-order valence-electron chi connectivity index (χ4n) is 2.22. The third-order valence-corrected chi connectivity index (χ3v) is 2.95. The molecule has 2 bridgehead atoms. The van der Waals surface area contributed by atoms with Gasteiger partial charge < -0.3 is 16.5 Å². The summed E-state index contributed by atoms with van der Waals surface area (Å²) in [5.41, 5.74) is 5.32. The van der Waals surface area contributed by atoms with E-state index in [-0.39, 0.29) is 17.7 Å². The molecule has 1 unspecified atom stereocenters. The quantitative estimate of drug-likeness (QED) is 0.357. The van der Waals surface area contributed by atoms with Crippen LogP contribution in [0.4, 0.5) is 0 Å². The van der Waals surface area contributed by atoms with Crippen molar-refractivity contribution in [1.29, 1.82) is 10.8 Å². The van der Waals surface area contributed by atoms with E-state index in [1.165, 1.54) is 6.92 Å². The second-order valence-electron chi connectivity index (χ2n) is 4.71. The molecular weight excluding hydrogens is 276 g/mol. The van der Waals surface area contributed by atoms with E-state index in [1.807, 2.05) is 27.7 Å². The fourth-order valence-corrected chi connectivity index (χ4v) is 2.22. The van der Waals surface area contributed by atoms with Crippen LogP contribution in [0.3, 0.4) is 0 Å². The zero-order chi connectivity index (χ0) is 18.3. The highest BCUT2D eigenvalue weighted by molar-refractivity contribution is 5.88. The predicted molar refractivity (Wildman–Crippen MR) is 96.3 cm³/mol. The van der Waals surface area contributed by atoms with Crippen LogP contribution < -0.4 is 11.1 Å². The summed E-state index contributed by atoms with van der Waals surface area (Å²) in [6, 6.07) is 0.463. The van der Waals surface area contributed by atoms with Crippen molar-refractivity contribution in [3.05, 3.63) is 0 Å². The monoisotopic (exact) mass is 310 g/mol. The second kappa shape index (κ2) is 15.6. The molecule has 0 aromatic heterocycles. The lowest BCUT2D eigenvalue weighted by Gasteiger charge is -2.46. The van der Waals surface area contributed by atoms with Crippen molar-refractivity contribution >= 4 is 17.5 Å². The molecule has 5 nitrogen and oxygen atoms in total. The molecule has 0 radical (unpaired) electrons. The predicted octanol–water partition coefficient (Wildman–Crippen LogP) is 3.18. The number of fused-ring (bicyclic) bond motifs is 2. The number of nitrogens with two attached hydrogens (primary N) is 1. The van der Waals surface area contributed by atoms with Gasteiger partial charge in [0.15, 0.2) is 0 Å². The van der Waals surface area contributed by atoms with Gasteiger partial charge in [-0.15, -0.1) is 12.8 Å². The van der Waals surface area contributed by atoms with Crippen molar-refractivity contribution in [3.8, 4) is 12.8 Å². The summed E-state index contributed by atoms with van der Waals surface area (Å²) in [6.07, 6.45) is 10.9. The van der Waals surface area contributed by atoms with Gasteiger partial charge in [-0.2, -0.15) is 0 Å². The summed E-state index contributed by atoms with van der Waals surface area (Å²) < 4.78 is 0. The molecule has 3 aliphatic rings. The summed E-state index contributed by atoms with van der Waals surface area (Å²) in [7, 11) is 0. The van der Waals surface area contributed by atoms with Gasteiger partial charge in [0.05, 0.1) is 5.84 Å². The van der Waals surface area contributed by atoms with E-state index in [4.69, 9.17) is 16.6 Å². The van der Waals surface area contributed by atoms with E-state index in [0.29, 0.717) is 24.1 Å². The number of nitrogens with one attached hydrogen (secondary N) is 3. The summed E-state index contributed by atoms with van der Waals surface area (Å²) >= 11 is 0. The van der Waals surface area contributed by atoms with Gasteiger partial charge in [-0.3, -0.25) is 10.2 Å². The molecule has 5 heteroatoms. The van der Waals surface area contributed by atoms with Gasteiger partial charge in [0.1, 0.15) is 0 Å². The Bertz CT molecular complexity index is 340. The largest absolute Gasteiger partial charge is 0.388 e. The minimum absolute atomic E-state index is 0.104. The van der Waals surface area contributed by atoms with E-state index >= 15 is 0 Å². The van der Waals surface area contributed by atoms with Crippen LogP contribution in [0, 0.1) is 35.5 Å². The standard InChI is InChI=1S/C9H14N2O.C2H6N2.2C2H6.C2H2/c1-5(10)2-8-6-3-7(4-6)11-9(8)12;1-2(3)4;3*1-2/h6-8,10H,2-4H2,1H3,(H,11,12);1H3,(H3,3,4);2*1-2H3;1-2H. The number of carbonyl (C=O) groups is 1. The maximum atomic E-state index is 11.4. The highest BCUT2D eigenvalue weighted by Crippen LogP contribution is 2.40. The molecule has 0 aromatic carbocycles. The van der Waals surface area contributed by atoms with Crippen LogP contribution in [0.1, 0.15) is 60.8 Å². The Morgan fingerprint density at radius 3 is 1.82 bits per heavy atom. The molecule has 1 atom stereocenters. The average Bonchev–Trinajstić information content (AvgIpc) is 2.45. The maximum absolute atomic E-state index is 11.4. The van der Waals surface area contributed by atoms with Crippen LogP contribution in [0.25, 0.3) is 0 Å². The van der Waals surface area contributed by atoms with E-state index in [1.54, 1.807) is 6.92 Å². The van der Waals surface area contributed by atoms with Gasteiger partial charge in [0.25, 0.3) is 0 Å². The summed E-state index contributed by atoms with van der Waals surface area (Å²) in [6.45, 7) is 11.3. The highest BCUT2D eigenvalue weighted by Gasteiger charge is 2.44. The number of amides is 1. The number of carbonyl (C=O) groups excluding carboxylic acids is 1.